The number of hydrogen-bond acceptors (Lipinski definition) is 3. The van der Waals surface area contributed by atoms with Crippen molar-refractivity contribution in [2.75, 3.05) is 13.1 Å². The van der Waals surface area contributed by atoms with Crippen LogP contribution in [-0.4, -0.2) is 47.1 Å². The van der Waals surface area contributed by atoms with Gasteiger partial charge >= 0.3 is 5.97 Å². The van der Waals surface area contributed by atoms with Gasteiger partial charge in [-0.05, 0) is 43.9 Å². The maximum atomic E-state index is 12.0. The molecule has 0 bridgehead atoms. The first-order chi connectivity index (χ1) is 9.65. The number of fused-ring (bicyclic) bond motifs is 1. The van der Waals surface area contributed by atoms with E-state index >= 15 is 0 Å². The van der Waals surface area contributed by atoms with Crippen molar-refractivity contribution in [3.05, 3.63) is 0 Å². The third kappa shape index (κ3) is 2.97. The van der Waals surface area contributed by atoms with E-state index in [-0.39, 0.29) is 12.5 Å². The Morgan fingerprint density at radius 2 is 1.90 bits per heavy atom. The molecule has 20 heavy (non-hydrogen) atoms. The molecule has 0 radical (unpaired) electrons. The Hall–Kier alpha value is -1.10. The fourth-order valence-electron chi connectivity index (χ4n) is 3.82. The number of carbonyl (C=O) groups is 2. The Balaban J connectivity index is 1.60. The van der Waals surface area contributed by atoms with Crippen LogP contribution in [0.1, 0.15) is 44.9 Å². The van der Waals surface area contributed by atoms with Crippen LogP contribution in [0.4, 0.5) is 0 Å². The van der Waals surface area contributed by atoms with Gasteiger partial charge in [-0.15, -0.1) is 0 Å². The summed E-state index contributed by atoms with van der Waals surface area (Å²) in [6.07, 6.45) is 7.68. The fraction of sp³-hybridized carbons (Fsp3) is 0.867. The molecule has 112 valence electrons. The molecule has 3 rings (SSSR count). The average molecular weight is 280 g/mol. The van der Waals surface area contributed by atoms with Crippen LogP contribution < -0.4 is 5.32 Å². The lowest BCUT2D eigenvalue weighted by atomic mass is 9.85. The zero-order chi connectivity index (χ0) is 14.1. The van der Waals surface area contributed by atoms with Crippen LogP contribution in [0.5, 0.6) is 0 Å². The minimum Gasteiger partial charge on any atom is -0.480 e. The zero-order valence-electron chi connectivity index (χ0n) is 11.9. The van der Waals surface area contributed by atoms with Gasteiger partial charge in [-0.2, -0.15) is 0 Å². The SMILES string of the molecule is O=C(CN1[C@@H]2CCCC[C@@H]2C[C@H]1C(=O)O)NCC1CC1. The van der Waals surface area contributed by atoms with Gasteiger partial charge in [0.2, 0.25) is 5.91 Å². The molecule has 3 aliphatic rings. The molecule has 1 amide bonds. The first kappa shape index (κ1) is 13.9. The summed E-state index contributed by atoms with van der Waals surface area (Å²) < 4.78 is 0. The number of nitrogens with one attached hydrogen (secondary N) is 1. The summed E-state index contributed by atoms with van der Waals surface area (Å²) in [5.74, 6) is 0.361. The molecule has 1 saturated heterocycles. The van der Waals surface area contributed by atoms with E-state index in [4.69, 9.17) is 0 Å². The van der Waals surface area contributed by atoms with Gasteiger partial charge in [0.05, 0.1) is 6.54 Å². The second-order valence-corrected chi connectivity index (χ2v) is 6.62. The summed E-state index contributed by atoms with van der Waals surface area (Å²) in [4.78, 5) is 25.4. The quantitative estimate of drug-likeness (QED) is 0.794. The lowest BCUT2D eigenvalue weighted by molar-refractivity contribution is -0.143. The molecule has 1 aliphatic heterocycles. The maximum absolute atomic E-state index is 12.0. The first-order valence-electron chi connectivity index (χ1n) is 7.90. The molecule has 0 spiro atoms. The summed E-state index contributed by atoms with van der Waals surface area (Å²) in [5, 5.41) is 12.4. The van der Waals surface area contributed by atoms with Crippen LogP contribution in [0.15, 0.2) is 0 Å². The normalized spacial score (nSPS) is 33.7. The zero-order valence-corrected chi connectivity index (χ0v) is 11.9. The van der Waals surface area contributed by atoms with E-state index in [2.05, 4.69) is 5.32 Å². The molecule has 0 aromatic heterocycles. The highest BCUT2D eigenvalue weighted by Gasteiger charge is 2.45. The number of nitrogens with zero attached hydrogens (tertiary/aromatic N) is 1. The van der Waals surface area contributed by atoms with E-state index in [1.54, 1.807) is 0 Å². The molecule has 2 N–H and O–H groups in total. The molecule has 0 unspecified atom stereocenters. The molecule has 0 aromatic rings. The van der Waals surface area contributed by atoms with Gasteiger partial charge in [-0.25, -0.2) is 0 Å². The van der Waals surface area contributed by atoms with Crippen molar-refractivity contribution in [2.45, 2.75) is 57.0 Å². The largest absolute Gasteiger partial charge is 0.480 e. The number of aliphatic carboxylic acids is 1. The summed E-state index contributed by atoms with van der Waals surface area (Å²) in [7, 11) is 0. The predicted molar refractivity (Wildman–Crippen MR) is 74.2 cm³/mol. The number of likely N-dealkylation sites (tertiary alicyclic amines) is 1. The molecular formula is C15H24N2O3. The minimum atomic E-state index is -0.769. The average Bonchev–Trinajstić information content (AvgIpc) is 3.19. The van der Waals surface area contributed by atoms with E-state index in [1.807, 2.05) is 4.90 Å². The van der Waals surface area contributed by atoms with Gasteiger partial charge in [0.1, 0.15) is 6.04 Å². The molecule has 0 aromatic carbocycles. The van der Waals surface area contributed by atoms with E-state index < -0.39 is 12.0 Å². The lowest BCUT2D eigenvalue weighted by Crippen LogP contribution is -2.47. The van der Waals surface area contributed by atoms with E-state index in [9.17, 15) is 14.7 Å². The number of carboxylic acid groups (broad SMARTS) is 1. The number of carbonyl (C=O) groups excluding carboxylic acids is 1. The van der Waals surface area contributed by atoms with Gasteiger partial charge in [0.25, 0.3) is 0 Å². The highest BCUT2D eigenvalue weighted by Crippen LogP contribution is 2.39. The Morgan fingerprint density at radius 1 is 1.15 bits per heavy atom. The summed E-state index contributed by atoms with van der Waals surface area (Å²) in [5.41, 5.74) is 0. The highest BCUT2D eigenvalue weighted by atomic mass is 16.4. The Kier molecular flexibility index (Phi) is 3.96. The molecule has 3 atom stereocenters. The summed E-state index contributed by atoms with van der Waals surface area (Å²) in [6, 6.07) is -0.161. The Morgan fingerprint density at radius 3 is 2.60 bits per heavy atom. The van der Waals surface area contributed by atoms with Crippen molar-refractivity contribution in [2.24, 2.45) is 11.8 Å². The maximum Gasteiger partial charge on any atom is 0.320 e. The minimum absolute atomic E-state index is 0.00521. The molecule has 1 heterocycles. The number of amides is 1. The van der Waals surface area contributed by atoms with Crippen molar-refractivity contribution in [3.63, 3.8) is 0 Å². The molecule has 3 fully saturated rings. The number of rotatable bonds is 5. The molecule has 2 saturated carbocycles. The second kappa shape index (κ2) is 5.72. The van der Waals surface area contributed by atoms with E-state index in [0.717, 1.165) is 32.2 Å². The van der Waals surface area contributed by atoms with Crippen molar-refractivity contribution >= 4 is 11.9 Å². The lowest BCUT2D eigenvalue weighted by Gasteiger charge is -2.32. The van der Waals surface area contributed by atoms with Crippen molar-refractivity contribution in [1.82, 2.24) is 10.2 Å². The fourth-order valence-corrected chi connectivity index (χ4v) is 3.82. The first-order valence-corrected chi connectivity index (χ1v) is 7.90. The third-order valence-corrected chi connectivity index (χ3v) is 5.12. The third-order valence-electron chi connectivity index (χ3n) is 5.12. The molecule has 2 aliphatic carbocycles. The molecule has 5 nitrogen and oxygen atoms in total. The van der Waals surface area contributed by atoms with Gasteiger partial charge in [0.15, 0.2) is 0 Å². The summed E-state index contributed by atoms with van der Waals surface area (Å²) in [6.45, 7) is 1.02. The Bertz CT molecular complexity index is 395. The smallest absolute Gasteiger partial charge is 0.320 e. The topological polar surface area (TPSA) is 69.6 Å². The van der Waals surface area contributed by atoms with Crippen molar-refractivity contribution < 1.29 is 14.7 Å². The van der Waals surface area contributed by atoms with Crippen LogP contribution in [-0.2, 0) is 9.59 Å². The van der Waals surface area contributed by atoms with Gasteiger partial charge < -0.3 is 10.4 Å². The molecule has 5 heteroatoms. The number of hydrogen-bond donors (Lipinski definition) is 2. The van der Waals surface area contributed by atoms with Crippen LogP contribution in [0, 0.1) is 11.8 Å². The standard InChI is InChI=1S/C15H24N2O3/c18-14(16-8-10-5-6-10)9-17-12-4-2-1-3-11(12)7-13(17)15(19)20/h10-13H,1-9H2,(H,16,18)(H,19,20)/t11-,12-,13+/m1/s1. The van der Waals surface area contributed by atoms with E-state index in [1.165, 1.54) is 19.3 Å². The van der Waals surface area contributed by atoms with Crippen LogP contribution in [0.3, 0.4) is 0 Å². The van der Waals surface area contributed by atoms with E-state index in [0.29, 0.717) is 17.9 Å². The van der Waals surface area contributed by atoms with Gasteiger partial charge in [0, 0.05) is 12.6 Å². The Labute approximate surface area is 119 Å². The molecular weight excluding hydrogens is 256 g/mol. The van der Waals surface area contributed by atoms with Gasteiger partial charge in [-0.1, -0.05) is 12.8 Å². The van der Waals surface area contributed by atoms with Crippen molar-refractivity contribution in [3.8, 4) is 0 Å². The van der Waals surface area contributed by atoms with Crippen LogP contribution >= 0.6 is 0 Å². The second-order valence-electron chi connectivity index (χ2n) is 6.62. The number of carboxylic acids is 1. The monoisotopic (exact) mass is 280 g/mol. The predicted octanol–water partition coefficient (Wildman–Crippen LogP) is 1.23. The van der Waals surface area contributed by atoms with Gasteiger partial charge in [-0.3, -0.25) is 14.5 Å². The highest BCUT2D eigenvalue weighted by molar-refractivity contribution is 5.80. The van der Waals surface area contributed by atoms with Crippen LogP contribution in [0.25, 0.3) is 0 Å². The van der Waals surface area contributed by atoms with Crippen molar-refractivity contribution in [1.29, 1.82) is 0 Å². The van der Waals surface area contributed by atoms with Crippen LogP contribution in [0.2, 0.25) is 0 Å². The summed E-state index contributed by atoms with van der Waals surface area (Å²) >= 11 is 0.